The van der Waals surface area contributed by atoms with Crippen LogP contribution >= 0.6 is 0 Å². The molecule has 0 aromatic heterocycles. The third-order valence-electron chi connectivity index (χ3n) is 8.68. The number of esters is 1. The van der Waals surface area contributed by atoms with E-state index in [4.69, 9.17) is 9.47 Å². The van der Waals surface area contributed by atoms with Crippen LogP contribution in [0.1, 0.15) is 73.6 Å². The molecule has 8 atom stereocenters. The van der Waals surface area contributed by atoms with Gasteiger partial charge in [0.1, 0.15) is 17.6 Å². The lowest BCUT2D eigenvalue weighted by molar-refractivity contribution is -0.162. The number of ether oxygens (including phenoxy) is 2. The number of fused-ring (bicyclic) bond motifs is 1. The first-order valence-electron chi connectivity index (χ1n) is 13.3. The molecule has 1 spiro atoms. The number of carbonyl (C=O) groups is 3. The Labute approximate surface area is 210 Å². The summed E-state index contributed by atoms with van der Waals surface area (Å²) in [6.45, 7) is 15.8. The predicted molar refractivity (Wildman–Crippen MR) is 132 cm³/mol. The number of rotatable bonds is 12. The summed E-state index contributed by atoms with van der Waals surface area (Å²) in [7, 11) is 0. The van der Waals surface area contributed by atoms with Crippen LogP contribution in [-0.2, 0) is 23.9 Å². The number of nitrogens with zero attached hydrogens (tertiary/aromatic N) is 2. The topological polar surface area (TPSA) is 96.4 Å². The molecule has 0 aliphatic carbocycles. The molecule has 3 aliphatic heterocycles. The van der Waals surface area contributed by atoms with E-state index >= 15 is 0 Å². The summed E-state index contributed by atoms with van der Waals surface area (Å²) in [5.41, 5.74) is -1.98. The molecular formula is C27H44N2O6. The van der Waals surface area contributed by atoms with Crippen molar-refractivity contribution in [1.82, 2.24) is 9.80 Å². The van der Waals surface area contributed by atoms with Crippen LogP contribution in [0, 0.1) is 17.8 Å². The normalized spacial score (nSPS) is 33.9. The summed E-state index contributed by atoms with van der Waals surface area (Å²) in [5.74, 6) is -2.55. The molecule has 3 fully saturated rings. The number of likely N-dealkylation sites (tertiary alicyclic amines) is 1. The largest absolute Gasteiger partial charge is 0.466 e. The van der Waals surface area contributed by atoms with Crippen molar-refractivity contribution in [2.24, 2.45) is 17.8 Å². The smallest absolute Gasteiger partial charge is 0.312 e. The Hall–Kier alpha value is -1.93. The maximum Gasteiger partial charge on any atom is 0.312 e. The van der Waals surface area contributed by atoms with E-state index in [-0.39, 0.29) is 37.0 Å². The van der Waals surface area contributed by atoms with Gasteiger partial charge in [0, 0.05) is 12.6 Å². The summed E-state index contributed by atoms with van der Waals surface area (Å²) in [6.07, 6.45) is 5.23. The summed E-state index contributed by atoms with van der Waals surface area (Å²) >= 11 is 0. The molecule has 1 N–H and O–H groups in total. The summed E-state index contributed by atoms with van der Waals surface area (Å²) in [5, 5.41) is 10.4. The highest BCUT2D eigenvalue weighted by Gasteiger charge is 2.79. The molecule has 8 heteroatoms. The van der Waals surface area contributed by atoms with Crippen LogP contribution < -0.4 is 0 Å². The van der Waals surface area contributed by atoms with Crippen LogP contribution in [-0.4, -0.2) is 81.8 Å². The highest BCUT2D eigenvalue weighted by molar-refractivity contribution is 5.98. The van der Waals surface area contributed by atoms with Crippen molar-refractivity contribution in [1.29, 1.82) is 0 Å². The lowest BCUT2D eigenvalue weighted by Crippen LogP contribution is -2.61. The fraction of sp³-hybridized carbons (Fsp3) is 0.815. The monoisotopic (exact) mass is 492 g/mol. The van der Waals surface area contributed by atoms with Crippen molar-refractivity contribution >= 4 is 17.8 Å². The average Bonchev–Trinajstić information content (AvgIpc) is 3.39. The Morgan fingerprint density at radius 2 is 2.00 bits per heavy atom. The number of amides is 2. The van der Waals surface area contributed by atoms with Gasteiger partial charge in [-0.3, -0.25) is 14.4 Å². The number of hydrogen-bond donors (Lipinski definition) is 1. The van der Waals surface area contributed by atoms with E-state index in [1.807, 2.05) is 27.7 Å². The zero-order valence-corrected chi connectivity index (χ0v) is 22.3. The van der Waals surface area contributed by atoms with Crippen LogP contribution in [0.3, 0.4) is 0 Å². The Balaban J connectivity index is 2.16. The van der Waals surface area contributed by atoms with Gasteiger partial charge in [-0.05, 0) is 46.0 Å². The van der Waals surface area contributed by atoms with Gasteiger partial charge < -0.3 is 24.4 Å². The molecule has 198 valence electrons. The maximum atomic E-state index is 14.4. The van der Waals surface area contributed by atoms with Crippen LogP contribution in [0.5, 0.6) is 0 Å². The van der Waals surface area contributed by atoms with Crippen molar-refractivity contribution in [3.8, 4) is 0 Å². The minimum atomic E-state index is -1.12. The summed E-state index contributed by atoms with van der Waals surface area (Å²) < 4.78 is 12.0. The van der Waals surface area contributed by atoms with E-state index in [9.17, 15) is 19.5 Å². The third-order valence-corrected chi connectivity index (χ3v) is 8.68. The molecule has 3 heterocycles. The van der Waals surface area contributed by atoms with E-state index in [2.05, 4.69) is 13.5 Å². The van der Waals surface area contributed by atoms with Crippen molar-refractivity contribution in [3.63, 3.8) is 0 Å². The first-order valence-corrected chi connectivity index (χ1v) is 13.3. The highest BCUT2D eigenvalue weighted by atomic mass is 16.6. The van der Waals surface area contributed by atoms with E-state index in [0.717, 1.165) is 19.3 Å². The van der Waals surface area contributed by atoms with Crippen LogP contribution in [0.25, 0.3) is 0 Å². The van der Waals surface area contributed by atoms with Crippen molar-refractivity contribution in [3.05, 3.63) is 12.7 Å². The molecule has 3 aliphatic rings. The fourth-order valence-electron chi connectivity index (χ4n) is 6.76. The predicted octanol–water partition coefficient (Wildman–Crippen LogP) is 2.92. The fourth-order valence-corrected chi connectivity index (χ4v) is 6.76. The highest BCUT2D eigenvalue weighted by Crippen LogP contribution is 2.64. The number of carbonyl (C=O) groups excluding carboxylic acids is 3. The van der Waals surface area contributed by atoms with Gasteiger partial charge in [-0.25, -0.2) is 0 Å². The van der Waals surface area contributed by atoms with E-state index in [1.54, 1.807) is 22.8 Å². The zero-order valence-electron chi connectivity index (χ0n) is 22.3. The summed E-state index contributed by atoms with van der Waals surface area (Å²) in [4.78, 5) is 45.0. The Morgan fingerprint density at radius 3 is 2.54 bits per heavy atom. The van der Waals surface area contributed by atoms with Gasteiger partial charge in [0.15, 0.2) is 0 Å². The van der Waals surface area contributed by atoms with Crippen LogP contribution in [0.4, 0.5) is 0 Å². The van der Waals surface area contributed by atoms with Crippen LogP contribution in [0.15, 0.2) is 12.7 Å². The molecule has 8 nitrogen and oxygen atoms in total. The van der Waals surface area contributed by atoms with E-state index < -0.39 is 41.1 Å². The molecule has 3 unspecified atom stereocenters. The summed E-state index contributed by atoms with van der Waals surface area (Å²) in [6, 6.07) is -1.51. The SMILES string of the molecule is C=CCN(C(=O)C1N([C@@H](CO)[C@@H](C)CC)C(=O)[C@@H]2[C@H](C(=O)OCC)[C@]3(C)CCC12O3)C(C)CCC. The second-order valence-corrected chi connectivity index (χ2v) is 10.8. The lowest BCUT2D eigenvalue weighted by Gasteiger charge is -2.42. The Kier molecular flexibility index (Phi) is 8.37. The first kappa shape index (κ1) is 27.7. The van der Waals surface area contributed by atoms with E-state index in [0.29, 0.717) is 19.4 Å². The van der Waals surface area contributed by atoms with Gasteiger partial charge in [0.2, 0.25) is 11.8 Å². The number of hydrogen-bond acceptors (Lipinski definition) is 6. The van der Waals surface area contributed by atoms with Gasteiger partial charge in [-0.1, -0.05) is 39.7 Å². The molecule has 3 saturated heterocycles. The Morgan fingerprint density at radius 1 is 1.31 bits per heavy atom. The van der Waals surface area contributed by atoms with Gasteiger partial charge in [-0.2, -0.15) is 0 Å². The molecule has 35 heavy (non-hydrogen) atoms. The minimum Gasteiger partial charge on any atom is -0.466 e. The zero-order chi connectivity index (χ0) is 26.1. The molecule has 0 radical (unpaired) electrons. The molecule has 0 saturated carbocycles. The molecule has 2 amide bonds. The molecule has 3 rings (SSSR count). The average molecular weight is 493 g/mol. The third kappa shape index (κ3) is 4.31. The van der Waals surface area contributed by atoms with Crippen molar-refractivity contribution in [2.45, 2.75) is 103 Å². The molecule has 0 aromatic carbocycles. The molecule has 2 bridgehead atoms. The first-order chi connectivity index (χ1) is 16.6. The second kappa shape index (κ2) is 10.6. The van der Waals surface area contributed by atoms with Crippen molar-refractivity contribution in [2.75, 3.05) is 19.8 Å². The minimum absolute atomic E-state index is 0.0378. The lowest BCUT2D eigenvalue weighted by atomic mass is 9.66. The van der Waals surface area contributed by atoms with Gasteiger partial charge in [0.05, 0.1) is 30.8 Å². The second-order valence-electron chi connectivity index (χ2n) is 10.8. The molecule has 0 aromatic rings. The number of aliphatic hydroxyl groups excluding tert-OH is 1. The maximum absolute atomic E-state index is 14.4. The quantitative estimate of drug-likeness (QED) is 0.332. The number of aliphatic hydroxyl groups is 1. The Bertz CT molecular complexity index is 832. The van der Waals surface area contributed by atoms with Crippen LogP contribution in [0.2, 0.25) is 0 Å². The standard InChI is InChI=1S/C27H44N2O6/c1-8-12-18(6)28(15-9-2)24(32)22-27-14-13-26(7,35-27)21(25(33)34-11-4)20(27)23(31)29(22)19(16-30)17(5)10-3/h9,17-22,30H,2,8,10-16H2,1,3-7H3/t17-,18?,19-,20-,21+,22?,26-,27?/m0/s1. The van der Waals surface area contributed by atoms with Crippen molar-refractivity contribution < 1.29 is 29.0 Å². The molecular weight excluding hydrogens is 448 g/mol. The van der Waals surface area contributed by atoms with Gasteiger partial charge in [0.25, 0.3) is 0 Å². The van der Waals surface area contributed by atoms with Gasteiger partial charge >= 0.3 is 5.97 Å². The van der Waals surface area contributed by atoms with E-state index in [1.165, 1.54) is 0 Å². The van der Waals surface area contributed by atoms with Gasteiger partial charge in [-0.15, -0.1) is 6.58 Å².